The Morgan fingerprint density at radius 3 is 2.48 bits per heavy atom. The fourth-order valence-corrected chi connectivity index (χ4v) is 7.10. The molecule has 1 N–H and O–H groups in total. The Morgan fingerprint density at radius 1 is 1.11 bits per heavy atom. The van der Waals surface area contributed by atoms with E-state index in [4.69, 9.17) is 0 Å². The van der Waals surface area contributed by atoms with Gasteiger partial charge in [-0.05, 0) is 80.8 Å². The van der Waals surface area contributed by atoms with E-state index in [1.807, 2.05) is 24.3 Å². The van der Waals surface area contributed by atoms with Gasteiger partial charge in [-0.2, -0.15) is 0 Å². The minimum Gasteiger partial charge on any atom is -0.352 e. The summed E-state index contributed by atoms with van der Waals surface area (Å²) in [6.07, 6.45) is 8.34. The van der Waals surface area contributed by atoms with Crippen molar-refractivity contribution in [1.82, 2.24) is 10.3 Å². The molecule has 4 bridgehead atoms. The molecule has 6 rings (SSSR count). The smallest absolute Gasteiger partial charge is 0.230 e. The van der Waals surface area contributed by atoms with E-state index in [1.54, 1.807) is 0 Å². The molecule has 1 amide bonds. The third-order valence-corrected chi connectivity index (χ3v) is 8.24. The summed E-state index contributed by atoms with van der Waals surface area (Å²) in [7, 11) is 0. The summed E-state index contributed by atoms with van der Waals surface area (Å²) in [6, 6.07) is 12.5. The summed E-state index contributed by atoms with van der Waals surface area (Å²) in [5, 5.41) is 5.42. The second-order valence-electron chi connectivity index (χ2n) is 9.20. The number of nitrogens with zero attached hydrogens (tertiary/aromatic N) is 1. The molecule has 0 saturated heterocycles. The lowest BCUT2D eigenvalue weighted by Gasteiger charge is -2.59. The molecule has 4 heteroatoms. The van der Waals surface area contributed by atoms with Crippen molar-refractivity contribution in [2.75, 3.05) is 5.75 Å². The fraction of sp³-hybridized carbons (Fsp3) is 0.565. The molecule has 1 heterocycles. The van der Waals surface area contributed by atoms with Crippen molar-refractivity contribution in [1.29, 1.82) is 0 Å². The van der Waals surface area contributed by atoms with E-state index < -0.39 is 0 Å². The van der Waals surface area contributed by atoms with E-state index in [9.17, 15) is 4.79 Å². The Hall–Kier alpha value is -1.55. The Labute approximate surface area is 165 Å². The molecular weight excluding hydrogens is 352 g/mol. The largest absolute Gasteiger partial charge is 0.352 e. The Morgan fingerprint density at radius 2 is 1.78 bits per heavy atom. The van der Waals surface area contributed by atoms with Crippen molar-refractivity contribution >= 4 is 28.6 Å². The highest BCUT2D eigenvalue weighted by Gasteiger charge is 2.53. The van der Waals surface area contributed by atoms with Crippen LogP contribution in [0.2, 0.25) is 0 Å². The third-order valence-electron chi connectivity index (χ3n) is 7.31. The van der Waals surface area contributed by atoms with Gasteiger partial charge in [0.15, 0.2) is 0 Å². The topological polar surface area (TPSA) is 42.0 Å². The summed E-state index contributed by atoms with van der Waals surface area (Å²) in [6.45, 7) is 2.25. The molecule has 142 valence electrons. The standard InChI is InChI=1S/C23H28N2OS/c1-15(23-11-16-8-17(12-23)10-18(9-16)13-23)24-21(26)14-27-22-7-6-19-4-2-3-5-20(19)25-22/h2-7,15-18H,8-14H2,1H3,(H,24,26)/t15-,16?,17?,18?,23?/m1/s1. The number of aromatic nitrogens is 1. The van der Waals surface area contributed by atoms with Gasteiger partial charge in [-0.3, -0.25) is 4.79 Å². The van der Waals surface area contributed by atoms with Crippen LogP contribution in [0, 0.1) is 23.2 Å². The summed E-state index contributed by atoms with van der Waals surface area (Å²) in [4.78, 5) is 17.3. The van der Waals surface area contributed by atoms with Gasteiger partial charge in [0.1, 0.15) is 0 Å². The first-order valence-corrected chi connectivity index (χ1v) is 11.4. The SMILES string of the molecule is C[C@@H](NC(=O)CSc1ccc2ccccc2n1)C12CC3CC(CC(C3)C1)C2. The zero-order valence-electron chi connectivity index (χ0n) is 16.0. The first kappa shape index (κ1) is 17.5. The van der Waals surface area contributed by atoms with Gasteiger partial charge in [0, 0.05) is 11.4 Å². The molecule has 1 aromatic heterocycles. The minimum absolute atomic E-state index is 0.151. The zero-order chi connectivity index (χ0) is 18.4. The van der Waals surface area contributed by atoms with Crippen LogP contribution < -0.4 is 5.32 Å². The third kappa shape index (κ3) is 3.37. The number of para-hydroxylation sites is 1. The van der Waals surface area contributed by atoms with Crippen LogP contribution in [0.5, 0.6) is 0 Å². The molecule has 1 atom stereocenters. The van der Waals surface area contributed by atoms with E-state index in [0.717, 1.165) is 33.7 Å². The van der Waals surface area contributed by atoms with Crippen molar-refractivity contribution in [2.24, 2.45) is 23.2 Å². The molecule has 0 spiro atoms. The molecule has 4 aliphatic rings. The molecule has 3 nitrogen and oxygen atoms in total. The van der Waals surface area contributed by atoms with Gasteiger partial charge in [0.25, 0.3) is 0 Å². The zero-order valence-corrected chi connectivity index (χ0v) is 16.8. The van der Waals surface area contributed by atoms with Crippen molar-refractivity contribution in [2.45, 2.75) is 56.5 Å². The first-order valence-electron chi connectivity index (χ1n) is 10.4. The Bertz CT molecular complexity index is 829. The van der Waals surface area contributed by atoms with Crippen LogP contribution in [0.1, 0.15) is 45.4 Å². The number of benzene rings is 1. The van der Waals surface area contributed by atoms with Gasteiger partial charge in [0.2, 0.25) is 5.91 Å². The Kier molecular flexibility index (Phi) is 4.42. The number of thioether (sulfide) groups is 1. The molecule has 4 saturated carbocycles. The second kappa shape index (κ2) is 6.80. The van der Waals surface area contributed by atoms with Crippen molar-refractivity contribution in [3.8, 4) is 0 Å². The van der Waals surface area contributed by atoms with Gasteiger partial charge < -0.3 is 5.32 Å². The van der Waals surface area contributed by atoms with Crippen LogP contribution >= 0.6 is 11.8 Å². The van der Waals surface area contributed by atoms with Crippen LogP contribution in [0.25, 0.3) is 10.9 Å². The molecule has 27 heavy (non-hydrogen) atoms. The lowest BCUT2D eigenvalue weighted by Crippen LogP contribution is -2.56. The van der Waals surface area contributed by atoms with E-state index >= 15 is 0 Å². The lowest BCUT2D eigenvalue weighted by atomic mass is 9.48. The average Bonchev–Trinajstić information content (AvgIpc) is 2.65. The highest BCUT2D eigenvalue weighted by molar-refractivity contribution is 7.99. The molecule has 4 aliphatic carbocycles. The van der Waals surface area contributed by atoms with Crippen LogP contribution in [0.3, 0.4) is 0 Å². The molecule has 0 radical (unpaired) electrons. The summed E-state index contributed by atoms with van der Waals surface area (Å²) in [5.74, 6) is 3.37. The van der Waals surface area contributed by atoms with Crippen LogP contribution in [0.4, 0.5) is 0 Å². The van der Waals surface area contributed by atoms with Crippen molar-refractivity contribution in [3.05, 3.63) is 36.4 Å². The number of carbonyl (C=O) groups excluding carboxylic acids is 1. The number of hydrogen-bond acceptors (Lipinski definition) is 3. The number of pyridine rings is 1. The van der Waals surface area contributed by atoms with Gasteiger partial charge in [0.05, 0.1) is 16.3 Å². The van der Waals surface area contributed by atoms with Gasteiger partial charge >= 0.3 is 0 Å². The normalized spacial score (nSPS) is 32.6. The molecule has 0 unspecified atom stereocenters. The molecule has 4 fully saturated rings. The number of nitrogens with one attached hydrogen (secondary N) is 1. The average molecular weight is 381 g/mol. The van der Waals surface area contributed by atoms with E-state index in [1.165, 1.54) is 50.3 Å². The van der Waals surface area contributed by atoms with Crippen LogP contribution in [0.15, 0.2) is 41.4 Å². The van der Waals surface area contributed by atoms with Crippen LogP contribution in [-0.2, 0) is 4.79 Å². The van der Waals surface area contributed by atoms with E-state index in [0.29, 0.717) is 17.2 Å². The number of carbonyl (C=O) groups is 1. The fourth-order valence-electron chi connectivity index (χ4n) is 6.41. The maximum Gasteiger partial charge on any atom is 0.230 e. The summed E-state index contributed by atoms with van der Waals surface area (Å²) in [5.41, 5.74) is 1.36. The first-order chi connectivity index (χ1) is 13.1. The molecule has 2 aromatic rings. The quantitative estimate of drug-likeness (QED) is 0.738. The number of hydrogen-bond donors (Lipinski definition) is 1. The summed E-state index contributed by atoms with van der Waals surface area (Å²) >= 11 is 1.54. The van der Waals surface area contributed by atoms with Gasteiger partial charge in [-0.1, -0.05) is 36.0 Å². The predicted octanol–water partition coefficient (Wildman–Crippen LogP) is 5.05. The number of rotatable bonds is 5. The van der Waals surface area contributed by atoms with Crippen molar-refractivity contribution in [3.63, 3.8) is 0 Å². The monoisotopic (exact) mass is 380 g/mol. The minimum atomic E-state index is 0.151. The van der Waals surface area contributed by atoms with Gasteiger partial charge in [-0.25, -0.2) is 4.98 Å². The van der Waals surface area contributed by atoms with Crippen LogP contribution in [-0.4, -0.2) is 22.7 Å². The van der Waals surface area contributed by atoms with Crippen molar-refractivity contribution < 1.29 is 4.79 Å². The second-order valence-corrected chi connectivity index (χ2v) is 10.2. The number of amides is 1. The van der Waals surface area contributed by atoms with Gasteiger partial charge in [-0.15, -0.1) is 0 Å². The van der Waals surface area contributed by atoms with E-state index in [2.05, 4.69) is 29.4 Å². The van der Waals surface area contributed by atoms with E-state index in [-0.39, 0.29) is 5.91 Å². The molecular formula is C23H28N2OS. The lowest BCUT2D eigenvalue weighted by molar-refractivity contribution is -0.123. The highest BCUT2D eigenvalue weighted by atomic mass is 32.2. The molecule has 0 aliphatic heterocycles. The number of fused-ring (bicyclic) bond motifs is 1. The maximum atomic E-state index is 12.6. The highest BCUT2D eigenvalue weighted by Crippen LogP contribution is 2.61. The molecule has 1 aromatic carbocycles. The maximum absolute atomic E-state index is 12.6. The summed E-state index contributed by atoms with van der Waals surface area (Å²) < 4.78 is 0. The predicted molar refractivity (Wildman–Crippen MR) is 111 cm³/mol. The Balaban J connectivity index is 1.20.